The van der Waals surface area contributed by atoms with Gasteiger partial charge in [-0.1, -0.05) is 18.5 Å². The third-order valence-corrected chi connectivity index (χ3v) is 3.91. The smallest absolute Gasteiger partial charge is 0.275 e. The number of halogens is 1. The van der Waals surface area contributed by atoms with E-state index in [0.29, 0.717) is 17.6 Å². The van der Waals surface area contributed by atoms with E-state index < -0.39 is 0 Å². The van der Waals surface area contributed by atoms with Crippen LogP contribution < -0.4 is 5.32 Å². The molecule has 0 radical (unpaired) electrons. The SMILES string of the molecule is CCCN(Cc1ccc(Cl)cc1[N+](=O)[O-])C1CCNC1. The monoisotopic (exact) mass is 297 g/mol. The van der Waals surface area contributed by atoms with Crippen LogP contribution in [0.5, 0.6) is 0 Å². The van der Waals surface area contributed by atoms with Crippen molar-refractivity contribution < 1.29 is 4.92 Å². The van der Waals surface area contributed by atoms with Gasteiger partial charge in [0, 0.05) is 35.8 Å². The Morgan fingerprint density at radius 3 is 2.95 bits per heavy atom. The summed E-state index contributed by atoms with van der Waals surface area (Å²) >= 11 is 5.86. The molecule has 6 heteroatoms. The minimum Gasteiger partial charge on any atom is -0.315 e. The van der Waals surface area contributed by atoms with Gasteiger partial charge in [-0.2, -0.15) is 0 Å². The van der Waals surface area contributed by atoms with E-state index >= 15 is 0 Å². The average molecular weight is 298 g/mol. The molecule has 0 aliphatic carbocycles. The van der Waals surface area contributed by atoms with E-state index in [1.807, 2.05) is 0 Å². The van der Waals surface area contributed by atoms with E-state index in [1.54, 1.807) is 12.1 Å². The Kier molecular flexibility index (Phi) is 5.34. The van der Waals surface area contributed by atoms with E-state index in [9.17, 15) is 10.1 Å². The van der Waals surface area contributed by atoms with Gasteiger partial charge in [-0.25, -0.2) is 0 Å². The maximum Gasteiger partial charge on any atom is 0.275 e. The van der Waals surface area contributed by atoms with Crippen molar-refractivity contribution in [3.8, 4) is 0 Å². The zero-order valence-corrected chi connectivity index (χ0v) is 12.4. The lowest BCUT2D eigenvalue weighted by molar-refractivity contribution is -0.385. The van der Waals surface area contributed by atoms with E-state index in [0.717, 1.165) is 38.0 Å². The van der Waals surface area contributed by atoms with Crippen LogP contribution in [0, 0.1) is 10.1 Å². The van der Waals surface area contributed by atoms with Crippen LogP contribution in [0.2, 0.25) is 5.02 Å². The fraction of sp³-hybridized carbons (Fsp3) is 0.571. The van der Waals surface area contributed by atoms with E-state index in [4.69, 9.17) is 11.6 Å². The molecular formula is C14H20ClN3O2. The van der Waals surface area contributed by atoms with Gasteiger partial charge in [0.1, 0.15) is 0 Å². The van der Waals surface area contributed by atoms with Crippen LogP contribution in [-0.2, 0) is 6.54 Å². The highest BCUT2D eigenvalue weighted by Gasteiger charge is 2.24. The molecule has 0 saturated carbocycles. The molecule has 5 nitrogen and oxygen atoms in total. The molecule has 1 unspecified atom stereocenters. The average Bonchev–Trinajstić information content (AvgIpc) is 2.93. The molecule has 1 aromatic rings. The Morgan fingerprint density at radius 2 is 2.35 bits per heavy atom. The van der Waals surface area contributed by atoms with Gasteiger partial charge in [0.25, 0.3) is 5.69 Å². The van der Waals surface area contributed by atoms with Crippen molar-refractivity contribution in [2.75, 3.05) is 19.6 Å². The van der Waals surface area contributed by atoms with Gasteiger partial charge >= 0.3 is 0 Å². The minimum absolute atomic E-state index is 0.115. The third kappa shape index (κ3) is 3.69. The van der Waals surface area contributed by atoms with Gasteiger partial charge in [0.05, 0.1) is 4.92 Å². The fourth-order valence-electron chi connectivity index (χ4n) is 2.69. The standard InChI is InChI=1S/C14H20ClN3O2/c1-2-7-17(13-5-6-16-9-13)10-11-3-4-12(15)8-14(11)18(19)20/h3-4,8,13,16H,2,5-7,9-10H2,1H3. The van der Waals surface area contributed by atoms with Crippen molar-refractivity contribution >= 4 is 17.3 Å². The molecule has 0 bridgehead atoms. The number of nitrogens with one attached hydrogen (secondary N) is 1. The van der Waals surface area contributed by atoms with Crippen molar-refractivity contribution in [2.45, 2.75) is 32.4 Å². The van der Waals surface area contributed by atoms with Gasteiger partial charge in [-0.05, 0) is 38.1 Å². The number of nitrogens with zero attached hydrogens (tertiary/aromatic N) is 2. The van der Waals surface area contributed by atoms with Crippen molar-refractivity contribution in [3.63, 3.8) is 0 Å². The van der Waals surface area contributed by atoms with Gasteiger partial charge in [-0.3, -0.25) is 15.0 Å². The summed E-state index contributed by atoms with van der Waals surface area (Å²) in [7, 11) is 0. The largest absolute Gasteiger partial charge is 0.315 e. The number of nitro benzene ring substituents is 1. The van der Waals surface area contributed by atoms with Crippen LogP contribution in [0.3, 0.4) is 0 Å². The second kappa shape index (κ2) is 7.02. The fourth-order valence-corrected chi connectivity index (χ4v) is 2.85. The number of rotatable bonds is 6. The Morgan fingerprint density at radius 1 is 1.55 bits per heavy atom. The van der Waals surface area contributed by atoms with Crippen LogP contribution in [-0.4, -0.2) is 35.5 Å². The van der Waals surface area contributed by atoms with Crippen LogP contribution in [0.1, 0.15) is 25.3 Å². The highest BCUT2D eigenvalue weighted by molar-refractivity contribution is 6.30. The molecule has 1 N–H and O–H groups in total. The molecule has 1 aromatic carbocycles. The Labute approximate surface area is 124 Å². The van der Waals surface area contributed by atoms with Crippen LogP contribution in [0.25, 0.3) is 0 Å². The Bertz CT molecular complexity index is 475. The molecule has 20 heavy (non-hydrogen) atoms. The maximum absolute atomic E-state index is 11.2. The predicted octanol–water partition coefficient (Wildman–Crippen LogP) is 2.82. The number of hydrogen-bond donors (Lipinski definition) is 1. The van der Waals surface area contributed by atoms with Crippen LogP contribution in [0.15, 0.2) is 18.2 Å². The maximum atomic E-state index is 11.2. The van der Waals surface area contributed by atoms with Gasteiger partial charge in [0.15, 0.2) is 0 Å². The first-order valence-electron chi connectivity index (χ1n) is 6.99. The van der Waals surface area contributed by atoms with Gasteiger partial charge in [0.2, 0.25) is 0 Å². The molecule has 0 amide bonds. The van der Waals surface area contributed by atoms with E-state index in [2.05, 4.69) is 17.1 Å². The van der Waals surface area contributed by atoms with E-state index in [1.165, 1.54) is 6.07 Å². The molecule has 1 aliphatic rings. The summed E-state index contributed by atoms with van der Waals surface area (Å²) in [6.45, 7) is 5.67. The molecule has 110 valence electrons. The minimum atomic E-state index is -0.349. The summed E-state index contributed by atoms with van der Waals surface area (Å²) in [6.07, 6.45) is 2.14. The number of hydrogen-bond acceptors (Lipinski definition) is 4. The van der Waals surface area contributed by atoms with Gasteiger partial charge < -0.3 is 5.32 Å². The van der Waals surface area contributed by atoms with E-state index in [-0.39, 0.29) is 10.6 Å². The number of benzene rings is 1. The molecule has 1 fully saturated rings. The molecule has 1 atom stereocenters. The lowest BCUT2D eigenvalue weighted by atomic mass is 10.1. The highest BCUT2D eigenvalue weighted by atomic mass is 35.5. The highest BCUT2D eigenvalue weighted by Crippen LogP contribution is 2.25. The quantitative estimate of drug-likeness (QED) is 0.648. The zero-order valence-electron chi connectivity index (χ0n) is 11.6. The van der Waals surface area contributed by atoms with Crippen LogP contribution in [0.4, 0.5) is 5.69 Å². The third-order valence-electron chi connectivity index (χ3n) is 3.68. The molecular weight excluding hydrogens is 278 g/mol. The summed E-state index contributed by atoms with van der Waals surface area (Å²) in [4.78, 5) is 13.1. The van der Waals surface area contributed by atoms with Crippen molar-refractivity contribution in [3.05, 3.63) is 38.9 Å². The topological polar surface area (TPSA) is 58.4 Å². The summed E-state index contributed by atoms with van der Waals surface area (Å²) < 4.78 is 0. The van der Waals surface area contributed by atoms with Gasteiger partial charge in [-0.15, -0.1) is 0 Å². The van der Waals surface area contributed by atoms with Crippen LogP contribution >= 0.6 is 11.6 Å². The molecule has 2 rings (SSSR count). The van der Waals surface area contributed by atoms with Crippen molar-refractivity contribution in [2.24, 2.45) is 0 Å². The molecule has 0 spiro atoms. The number of nitro groups is 1. The summed E-state index contributed by atoms with van der Waals surface area (Å²) in [5.41, 5.74) is 0.851. The molecule has 1 saturated heterocycles. The normalized spacial score (nSPS) is 18.6. The lowest BCUT2D eigenvalue weighted by Crippen LogP contribution is -2.37. The summed E-state index contributed by atoms with van der Waals surface area (Å²) in [6, 6.07) is 5.39. The summed E-state index contributed by atoms with van der Waals surface area (Å²) in [5, 5.41) is 14.9. The first-order chi connectivity index (χ1) is 9.61. The Hall–Kier alpha value is -1.17. The zero-order chi connectivity index (χ0) is 14.5. The Balaban J connectivity index is 2.19. The van der Waals surface area contributed by atoms with Crippen molar-refractivity contribution in [1.82, 2.24) is 10.2 Å². The molecule has 0 aromatic heterocycles. The predicted molar refractivity (Wildman–Crippen MR) is 80.1 cm³/mol. The second-order valence-corrected chi connectivity index (χ2v) is 5.58. The first kappa shape index (κ1) is 15.2. The summed E-state index contributed by atoms with van der Waals surface area (Å²) in [5.74, 6) is 0. The lowest BCUT2D eigenvalue weighted by Gasteiger charge is -2.27. The first-order valence-corrected chi connectivity index (χ1v) is 7.37. The van der Waals surface area contributed by atoms with Crippen molar-refractivity contribution in [1.29, 1.82) is 0 Å². The molecule has 1 aliphatic heterocycles. The second-order valence-electron chi connectivity index (χ2n) is 5.15. The molecule has 1 heterocycles.